The van der Waals surface area contributed by atoms with Gasteiger partial charge in [0.25, 0.3) is 0 Å². The molecule has 0 aliphatic carbocycles. The van der Waals surface area contributed by atoms with E-state index >= 15 is 0 Å². The van der Waals surface area contributed by atoms with Gasteiger partial charge in [0.2, 0.25) is 0 Å². The topological polar surface area (TPSA) is 54.5 Å². The van der Waals surface area contributed by atoms with Crippen LogP contribution in [0.2, 0.25) is 0 Å². The highest BCUT2D eigenvalue weighted by molar-refractivity contribution is 5.61. The van der Waals surface area contributed by atoms with E-state index in [0.29, 0.717) is 11.4 Å². The minimum absolute atomic E-state index is 0.570. The van der Waals surface area contributed by atoms with Gasteiger partial charge in [-0.2, -0.15) is 10.4 Å². The molecule has 0 atom stereocenters. The molecule has 0 unspecified atom stereocenters. The highest BCUT2D eigenvalue weighted by atomic mass is 15.3. The molecule has 0 fully saturated rings. The van der Waals surface area contributed by atoms with E-state index in [2.05, 4.69) is 47.3 Å². The fraction of sp³-hybridized carbons (Fsp3) is 0.0625. The standard InChI is InChI=1S/C16H12N4/c1-12-2-4-14(5-3-12)15-7-9-19-20(15)16-10-13(11-17)6-8-18-16/h2-10H,1H3. The maximum Gasteiger partial charge on any atom is 0.155 e. The molecule has 0 aliphatic rings. The van der Waals surface area contributed by atoms with Gasteiger partial charge in [0.15, 0.2) is 5.82 Å². The minimum Gasteiger partial charge on any atom is -0.237 e. The summed E-state index contributed by atoms with van der Waals surface area (Å²) in [7, 11) is 0. The van der Waals surface area contributed by atoms with Crippen molar-refractivity contribution in [3.05, 3.63) is 66.0 Å². The van der Waals surface area contributed by atoms with E-state index in [0.717, 1.165) is 11.3 Å². The molecule has 0 spiro atoms. The Labute approximate surface area is 116 Å². The van der Waals surface area contributed by atoms with Crippen molar-refractivity contribution in [1.29, 1.82) is 5.26 Å². The van der Waals surface area contributed by atoms with Gasteiger partial charge in [-0.25, -0.2) is 9.67 Å². The number of hydrogen-bond acceptors (Lipinski definition) is 3. The number of hydrogen-bond donors (Lipinski definition) is 0. The maximum absolute atomic E-state index is 8.97. The zero-order chi connectivity index (χ0) is 13.9. The van der Waals surface area contributed by atoms with Crippen LogP contribution in [0, 0.1) is 18.3 Å². The summed E-state index contributed by atoms with van der Waals surface area (Å²) in [6, 6.07) is 15.7. The number of aromatic nitrogens is 3. The molecule has 3 rings (SSSR count). The molecule has 0 bridgehead atoms. The Morgan fingerprint density at radius 3 is 2.60 bits per heavy atom. The van der Waals surface area contributed by atoms with Crippen molar-refractivity contribution in [2.45, 2.75) is 6.92 Å². The molecule has 20 heavy (non-hydrogen) atoms. The first kappa shape index (κ1) is 12.1. The minimum atomic E-state index is 0.570. The van der Waals surface area contributed by atoms with E-state index in [1.54, 1.807) is 29.2 Å². The third kappa shape index (κ3) is 2.17. The molecule has 2 aromatic heterocycles. The predicted molar refractivity (Wildman–Crippen MR) is 76.2 cm³/mol. The zero-order valence-corrected chi connectivity index (χ0v) is 11.0. The van der Waals surface area contributed by atoms with Crippen molar-refractivity contribution in [3.63, 3.8) is 0 Å². The van der Waals surface area contributed by atoms with E-state index in [1.165, 1.54) is 5.56 Å². The van der Waals surface area contributed by atoms with E-state index in [4.69, 9.17) is 5.26 Å². The fourth-order valence-corrected chi connectivity index (χ4v) is 2.03. The van der Waals surface area contributed by atoms with Gasteiger partial charge in [0.1, 0.15) is 0 Å². The van der Waals surface area contributed by atoms with Crippen molar-refractivity contribution in [3.8, 4) is 23.1 Å². The lowest BCUT2D eigenvalue weighted by atomic mass is 10.1. The van der Waals surface area contributed by atoms with Crippen LogP contribution in [0.25, 0.3) is 17.1 Å². The van der Waals surface area contributed by atoms with Gasteiger partial charge in [-0.1, -0.05) is 29.8 Å². The van der Waals surface area contributed by atoms with Crippen LogP contribution in [0.1, 0.15) is 11.1 Å². The van der Waals surface area contributed by atoms with Crippen molar-refractivity contribution in [2.24, 2.45) is 0 Å². The van der Waals surface area contributed by atoms with E-state index in [-0.39, 0.29) is 0 Å². The molecule has 1 aromatic carbocycles. The first-order valence-corrected chi connectivity index (χ1v) is 6.25. The smallest absolute Gasteiger partial charge is 0.155 e. The quantitative estimate of drug-likeness (QED) is 0.711. The average Bonchev–Trinajstić information content (AvgIpc) is 2.97. The Kier molecular flexibility index (Phi) is 3.02. The fourth-order valence-electron chi connectivity index (χ4n) is 2.03. The molecule has 0 saturated heterocycles. The van der Waals surface area contributed by atoms with E-state index < -0.39 is 0 Å². The molecule has 3 aromatic rings. The van der Waals surface area contributed by atoms with Crippen LogP contribution in [0.15, 0.2) is 54.9 Å². The van der Waals surface area contributed by atoms with Crippen molar-refractivity contribution in [1.82, 2.24) is 14.8 Å². The molecule has 2 heterocycles. The lowest BCUT2D eigenvalue weighted by Gasteiger charge is -2.07. The number of nitriles is 1. The predicted octanol–water partition coefficient (Wildman–Crippen LogP) is 3.11. The van der Waals surface area contributed by atoms with Crippen LogP contribution < -0.4 is 0 Å². The van der Waals surface area contributed by atoms with Gasteiger partial charge < -0.3 is 0 Å². The summed E-state index contributed by atoms with van der Waals surface area (Å²) in [4.78, 5) is 4.28. The molecule has 0 aliphatic heterocycles. The average molecular weight is 260 g/mol. The molecule has 0 saturated carbocycles. The number of pyridine rings is 1. The summed E-state index contributed by atoms with van der Waals surface area (Å²) < 4.78 is 1.74. The van der Waals surface area contributed by atoms with Gasteiger partial charge in [-0.3, -0.25) is 0 Å². The molecule has 4 nitrogen and oxygen atoms in total. The molecular formula is C16H12N4. The summed E-state index contributed by atoms with van der Waals surface area (Å²) in [5.41, 5.74) is 3.80. The molecule has 0 amide bonds. The molecule has 96 valence electrons. The third-order valence-corrected chi connectivity index (χ3v) is 3.08. The summed E-state index contributed by atoms with van der Waals surface area (Å²) in [6.07, 6.45) is 3.35. The number of rotatable bonds is 2. The van der Waals surface area contributed by atoms with Crippen LogP contribution in [-0.2, 0) is 0 Å². The van der Waals surface area contributed by atoms with Crippen LogP contribution in [0.3, 0.4) is 0 Å². The second-order valence-corrected chi connectivity index (χ2v) is 4.51. The van der Waals surface area contributed by atoms with Crippen molar-refractivity contribution >= 4 is 0 Å². The Bertz CT molecular complexity index is 779. The Morgan fingerprint density at radius 1 is 1.05 bits per heavy atom. The normalized spacial score (nSPS) is 10.2. The van der Waals surface area contributed by atoms with Crippen LogP contribution in [-0.4, -0.2) is 14.8 Å². The Morgan fingerprint density at radius 2 is 1.85 bits per heavy atom. The van der Waals surface area contributed by atoms with Crippen LogP contribution in [0.5, 0.6) is 0 Å². The summed E-state index contributed by atoms with van der Waals surface area (Å²) in [6.45, 7) is 2.05. The second-order valence-electron chi connectivity index (χ2n) is 4.51. The zero-order valence-electron chi connectivity index (χ0n) is 11.0. The Balaban J connectivity index is 2.10. The van der Waals surface area contributed by atoms with Crippen LogP contribution in [0.4, 0.5) is 0 Å². The highest BCUT2D eigenvalue weighted by Crippen LogP contribution is 2.22. The lowest BCUT2D eigenvalue weighted by molar-refractivity contribution is 0.853. The molecule has 0 radical (unpaired) electrons. The number of nitrogens with zero attached hydrogens (tertiary/aromatic N) is 4. The largest absolute Gasteiger partial charge is 0.237 e. The third-order valence-electron chi connectivity index (χ3n) is 3.08. The SMILES string of the molecule is Cc1ccc(-c2ccnn2-c2cc(C#N)ccn2)cc1. The summed E-state index contributed by atoms with van der Waals surface area (Å²) in [5, 5.41) is 13.3. The lowest BCUT2D eigenvalue weighted by Crippen LogP contribution is -2.01. The van der Waals surface area contributed by atoms with Crippen molar-refractivity contribution < 1.29 is 0 Å². The van der Waals surface area contributed by atoms with Gasteiger partial charge in [0.05, 0.1) is 23.5 Å². The van der Waals surface area contributed by atoms with Crippen molar-refractivity contribution in [2.75, 3.05) is 0 Å². The number of aryl methyl sites for hydroxylation is 1. The Hall–Kier alpha value is -2.93. The van der Waals surface area contributed by atoms with Gasteiger partial charge in [-0.05, 0) is 19.1 Å². The number of benzene rings is 1. The second kappa shape index (κ2) is 4.98. The van der Waals surface area contributed by atoms with E-state index in [9.17, 15) is 0 Å². The summed E-state index contributed by atoms with van der Waals surface area (Å²) in [5.74, 6) is 0.643. The monoisotopic (exact) mass is 260 g/mol. The van der Waals surface area contributed by atoms with Crippen LogP contribution >= 0.6 is 0 Å². The van der Waals surface area contributed by atoms with Gasteiger partial charge in [0, 0.05) is 17.8 Å². The first-order chi connectivity index (χ1) is 9.78. The first-order valence-electron chi connectivity index (χ1n) is 6.25. The van der Waals surface area contributed by atoms with Gasteiger partial charge >= 0.3 is 0 Å². The molecule has 4 heteroatoms. The van der Waals surface area contributed by atoms with E-state index in [1.807, 2.05) is 6.07 Å². The maximum atomic E-state index is 8.97. The highest BCUT2D eigenvalue weighted by Gasteiger charge is 2.08. The summed E-state index contributed by atoms with van der Waals surface area (Å²) >= 11 is 0. The molecular weight excluding hydrogens is 248 g/mol. The van der Waals surface area contributed by atoms with Gasteiger partial charge in [-0.15, -0.1) is 0 Å². The molecule has 0 N–H and O–H groups in total.